The van der Waals surface area contributed by atoms with Gasteiger partial charge in [-0.3, -0.25) is 0 Å². The van der Waals surface area contributed by atoms with E-state index in [1.165, 1.54) is 7.11 Å². The lowest BCUT2D eigenvalue weighted by Crippen LogP contribution is -2.12. The number of nitrogens with zero attached hydrogens (tertiary/aromatic N) is 2. The van der Waals surface area contributed by atoms with Crippen LogP contribution in [0.3, 0.4) is 0 Å². The second kappa shape index (κ2) is 5.88. The Morgan fingerprint density at radius 3 is 2.60 bits per heavy atom. The lowest BCUT2D eigenvalue weighted by Gasteiger charge is -2.13. The van der Waals surface area contributed by atoms with E-state index in [2.05, 4.69) is 15.3 Å². The molecule has 5 nitrogen and oxygen atoms in total. The van der Waals surface area contributed by atoms with Gasteiger partial charge in [-0.05, 0) is 37.1 Å². The SMILES string of the molecule is COC(=O)c1c(C)nc(Cl)nc1Nc1ccccc1C. The van der Waals surface area contributed by atoms with Crippen LogP contribution in [0.4, 0.5) is 11.5 Å². The maximum Gasteiger partial charge on any atom is 0.343 e. The zero-order valence-electron chi connectivity index (χ0n) is 11.4. The fraction of sp³-hybridized carbons (Fsp3) is 0.214. The first-order chi connectivity index (χ1) is 9.52. The summed E-state index contributed by atoms with van der Waals surface area (Å²) in [6, 6.07) is 7.67. The summed E-state index contributed by atoms with van der Waals surface area (Å²) >= 11 is 5.86. The van der Waals surface area contributed by atoms with Crippen LogP contribution in [0.1, 0.15) is 21.6 Å². The van der Waals surface area contributed by atoms with E-state index in [4.69, 9.17) is 16.3 Å². The third kappa shape index (κ3) is 2.88. The van der Waals surface area contributed by atoms with Gasteiger partial charge in [0.25, 0.3) is 0 Å². The number of aryl methyl sites for hydroxylation is 2. The molecule has 0 aliphatic heterocycles. The minimum atomic E-state index is -0.504. The maximum absolute atomic E-state index is 11.9. The molecule has 2 aromatic rings. The molecule has 1 N–H and O–H groups in total. The first-order valence-electron chi connectivity index (χ1n) is 5.98. The molecule has 0 saturated carbocycles. The summed E-state index contributed by atoms with van der Waals surface area (Å²) in [6.45, 7) is 3.64. The van der Waals surface area contributed by atoms with Gasteiger partial charge in [-0.1, -0.05) is 18.2 Å². The van der Waals surface area contributed by atoms with Crippen LogP contribution in [-0.4, -0.2) is 23.0 Å². The topological polar surface area (TPSA) is 64.1 Å². The van der Waals surface area contributed by atoms with Crippen molar-refractivity contribution in [2.75, 3.05) is 12.4 Å². The first kappa shape index (κ1) is 14.3. The van der Waals surface area contributed by atoms with E-state index in [9.17, 15) is 4.79 Å². The van der Waals surface area contributed by atoms with Crippen molar-refractivity contribution in [2.24, 2.45) is 0 Å². The number of para-hydroxylation sites is 1. The number of carbonyl (C=O) groups is 1. The van der Waals surface area contributed by atoms with Crippen molar-refractivity contribution in [3.05, 3.63) is 46.4 Å². The largest absolute Gasteiger partial charge is 0.465 e. The number of aromatic nitrogens is 2. The van der Waals surface area contributed by atoms with E-state index < -0.39 is 5.97 Å². The molecule has 0 atom stereocenters. The fourth-order valence-electron chi connectivity index (χ4n) is 1.82. The number of benzene rings is 1. The third-order valence-corrected chi connectivity index (χ3v) is 3.02. The highest BCUT2D eigenvalue weighted by Gasteiger charge is 2.19. The van der Waals surface area contributed by atoms with Crippen LogP contribution in [0.2, 0.25) is 5.28 Å². The quantitative estimate of drug-likeness (QED) is 0.694. The Balaban J connectivity index is 2.50. The second-order valence-corrected chi connectivity index (χ2v) is 4.57. The summed E-state index contributed by atoms with van der Waals surface area (Å²) in [7, 11) is 1.31. The Kier molecular flexibility index (Phi) is 4.20. The van der Waals surface area contributed by atoms with Gasteiger partial charge in [-0.2, -0.15) is 4.98 Å². The van der Waals surface area contributed by atoms with Crippen LogP contribution in [0.15, 0.2) is 24.3 Å². The van der Waals surface area contributed by atoms with Crippen LogP contribution in [0.25, 0.3) is 0 Å². The molecule has 0 saturated heterocycles. The molecule has 104 valence electrons. The average molecular weight is 292 g/mol. The number of hydrogen-bond acceptors (Lipinski definition) is 5. The minimum absolute atomic E-state index is 0.0752. The van der Waals surface area contributed by atoms with Gasteiger partial charge in [0.05, 0.1) is 12.8 Å². The number of rotatable bonds is 3. The molecule has 0 aliphatic rings. The van der Waals surface area contributed by atoms with Gasteiger partial charge in [0.15, 0.2) is 0 Å². The Hall–Kier alpha value is -2.14. The van der Waals surface area contributed by atoms with Crippen LogP contribution in [-0.2, 0) is 4.74 Å². The number of nitrogens with one attached hydrogen (secondary N) is 1. The zero-order valence-corrected chi connectivity index (χ0v) is 12.2. The molecule has 0 fully saturated rings. The van der Waals surface area contributed by atoms with E-state index in [1.807, 2.05) is 31.2 Å². The number of anilines is 2. The van der Waals surface area contributed by atoms with Crippen LogP contribution >= 0.6 is 11.6 Å². The summed E-state index contributed by atoms with van der Waals surface area (Å²) in [5, 5.41) is 3.18. The highest BCUT2D eigenvalue weighted by Crippen LogP contribution is 2.25. The first-order valence-corrected chi connectivity index (χ1v) is 6.36. The molecule has 0 radical (unpaired) electrons. The number of carbonyl (C=O) groups excluding carboxylic acids is 1. The summed E-state index contributed by atoms with van der Waals surface area (Å²) in [5.74, 6) is -0.168. The van der Waals surface area contributed by atoms with E-state index in [1.54, 1.807) is 6.92 Å². The standard InChI is InChI=1S/C14H14ClN3O2/c1-8-6-4-5-7-10(8)17-12-11(13(19)20-3)9(2)16-14(15)18-12/h4-7H,1-3H3,(H,16,17,18). The summed E-state index contributed by atoms with van der Waals surface area (Å²) in [6.07, 6.45) is 0. The van der Waals surface area contributed by atoms with Gasteiger partial charge in [-0.25, -0.2) is 9.78 Å². The van der Waals surface area contributed by atoms with Crippen LogP contribution in [0, 0.1) is 13.8 Å². The van der Waals surface area contributed by atoms with E-state index in [-0.39, 0.29) is 10.8 Å². The third-order valence-electron chi connectivity index (χ3n) is 2.85. The van der Waals surface area contributed by atoms with Gasteiger partial charge in [0.2, 0.25) is 5.28 Å². The van der Waals surface area contributed by atoms with Gasteiger partial charge >= 0.3 is 5.97 Å². The Morgan fingerprint density at radius 2 is 1.95 bits per heavy atom. The average Bonchev–Trinajstić information content (AvgIpc) is 2.40. The van der Waals surface area contributed by atoms with Crippen LogP contribution in [0.5, 0.6) is 0 Å². The smallest absolute Gasteiger partial charge is 0.343 e. The highest BCUT2D eigenvalue weighted by atomic mass is 35.5. The van der Waals surface area contributed by atoms with Gasteiger partial charge < -0.3 is 10.1 Å². The molecule has 0 unspecified atom stereocenters. The van der Waals surface area contributed by atoms with Gasteiger partial charge in [-0.15, -0.1) is 0 Å². The summed E-state index contributed by atoms with van der Waals surface area (Å²) in [4.78, 5) is 19.9. The monoisotopic (exact) mass is 291 g/mol. The Bertz CT molecular complexity index is 659. The minimum Gasteiger partial charge on any atom is -0.465 e. The number of methoxy groups -OCH3 is 1. The normalized spacial score (nSPS) is 10.2. The van der Waals surface area contributed by atoms with E-state index in [0.29, 0.717) is 11.5 Å². The summed E-state index contributed by atoms with van der Waals surface area (Å²) < 4.78 is 4.76. The van der Waals surface area contributed by atoms with E-state index in [0.717, 1.165) is 11.3 Å². The fourth-order valence-corrected chi connectivity index (χ4v) is 2.03. The molecule has 1 aromatic carbocycles. The van der Waals surface area contributed by atoms with Crippen molar-refractivity contribution in [1.82, 2.24) is 9.97 Å². The van der Waals surface area contributed by atoms with E-state index >= 15 is 0 Å². The molecule has 6 heteroatoms. The van der Waals surface area contributed by atoms with Crippen molar-refractivity contribution in [2.45, 2.75) is 13.8 Å². The lowest BCUT2D eigenvalue weighted by atomic mass is 10.2. The molecule has 2 rings (SSSR count). The van der Waals surface area contributed by atoms with Crippen molar-refractivity contribution in [3.8, 4) is 0 Å². The molecule has 20 heavy (non-hydrogen) atoms. The Morgan fingerprint density at radius 1 is 1.25 bits per heavy atom. The number of ether oxygens (including phenoxy) is 1. The highest BCUT2D eigenvalue weighted by molar-refractivity contribution is 6.28. The predicted octanol–water partition coefficient (Wildman–Crippen LogP) is 3.28. The van der Waals surface area contributed by atoms with Crippen molar-refractivity contribution < 1.29 is 9.53 Å². The molecule has 0 spiro atoms. The molecular weight excluding hydrogens is 278 g/mol. The van der Waals surface area contributed by atoms with Crippen molar-refractivity contribution >= 4 is 29.1 Å². The number of hydrogen-bond donors (Lipinski definition) is 1. The number of halogens is 1. The zero-order chi connectivity index (χ0) is 14.7. The predicted molar refractivity (Wildman–Crippen MR) is 77.6 cm³/mol. The van der Waals surface area contributed by atoms with Gasteiger partial charge in [0.1, 0.15) is 11.4 Å². The molecule has 0 bridgehead atoms. The molecule has 0 aliphatic carbocycles. The van der Waals surface area contributed by atoms with Crippen molar-refractivity contribution in [3.63, 3.8) is 0 Å². The molecule has 1 aromatic heterocycles. The molecule has 1 heterocycles. The summed E-state index contributed by atoms with van der Waals surface area (Å²) in [5.41, 5.74) is 2.61. The van der Waals surface area contributed by atoms with Gasteiger partial charge in [0, 0.05) is 5.69 Å². The van der Waals surface area contributed by atoms with Crippen LogP contribution < -0.4 is 5.32 Å². The Labute approximate surface area is 122 Å². The number of esters is 1. The molecule has 0 amide bonds. The maximum atomic E-state index is 11.9. The van der Waals surface area contributed by atoms with Crippen molar-refractivity contribution in [1.29, 1.82) is 0 Å². The molecular formula is C14H14ClN3O2. The lowest BCUT2D eigenvalue weighted by molar-refractivity contribution is 0.0600. The second-order valence-electron chi connectivity index (χ2n) is 4.23.